The smallest absolute Gasteiger partial charge is 0.414 e. The number of nitrogens with zero attached hydrogens (tertiary/aromatic N) is 1. The van der Waals surface area contributed by atoms with E-state index >= 15 is 0 Å². The second-order valence-electron chi connectivity index (χ2n) is 6.87. The summed E-state index contributed by atoms with van der Waals surface area (Å²) in [5.74, 6) is -1.74. The van der Waals surface area contributed by atoms with Gasteiger partial charge in [0.05, 0.1) is 19.4 Å². The highest BCUT2D eigenvalue weighted by Gasteiger charge is 2.32. The van der Waals surface area contributed by atoms with Crippen LogP contribution in [0.15, 0.2) is 42.5 Å². The van der Waals surface area contributed by atoms with Gasteiger partial charge in [-0.25, -0.2) is 4.79 Å². The SMILES string of the molecule is NCc1ccc(N2CC(COc3ccc(CC(=O)O)c(CC(=O)O)c3)OC2=O)cc1. The molecule has 9 heteroatoms. The molecule has 30 heavy (non-hydrogen) atoms. The number of anilines is 1. The Balaban J connectivity index is 1.64. The summed E-state index contributed by atoms with van der Waals surface area (Å²) in [6.07, 6.45) is -1.58. The minimum atomic E-state index is -1.07. The lowest BCUT2D eigenvalue weighted by Crippen LogP contribution is -2.26. The molecule has 9 nitrogen and oxygen atoms in total. The fraction of sp³-hybridized carbons (Fsp3) is 0.286. The van der Waals surface area contributed by atoms with Crippen molar-refractivity contribution in [1.29, 1.82) is 0 Å². The van der Waals surface area contributed by atoms with Gasteiger partial charge in [-0.3, -0.25) is 14.5 Å². The van der Waals surface area contributed by atoms with Crippen LogP contribution in [-0.4, -0.2) is 47.5 Å². The number of hydrogen-bond donors (Lipinski definition) is 3. The molecule has 0 bridgehead atoms. The summed E-state index contributed by atoms with van der Waals surface area (Å²) in [4.78, 5) is 35.7. The van der Waals surface area contributed by atoms with Gasteiger partial charge in [-0.15, -0.1) is 0 Å². The van der Waals surface area contributed by atoms with Crippen LogP contribution >= 0.6 is 0 Å². The molecule has 1 atom stereocenters. The van der Waals surface area contributed by atoms with Crippen molar-refractivity contribution in [1.82, 2.24) is 0 Å². The van der Waals surface area contributed by atoms with Gasteiger partial charge in [-0.1, -0.05) is 18.2 Å². The number of carboxylic acid groups (broad SMARTS) is 2. The Morgan fingerprint density at radius 3 is 2.37 bits per heavy atom. The Morgan fingerprint density at radius 1 is 1.07 bits per heavy atom. The van der Waals surface area contributed by atoms with Gasteiger partial charge >= 0.3 is 18.0 Å². The largest absolute Gasteiger partial charge is 0.490 e. The second-order valence-corrected chi connectivity index (χ2v) is 6.87. The van der Waals surface area contributed by atoms with Crippen LogP contribution in [0.5, 0.6) is 5.75 Å². The van der Waals surface area contributed by atoms with Crippen LogP contribution in [0.1, 0.15) is 16.7 Å². The quantitative estimate of drug-likeness (QED) is 0.564. The Bertz CT molecular complexity index is 943. The van der Waals surface area contributed by atoms with Crippen LogP contribution in [0.2, 0.25) is 0 Å². The molecule has 1 saturated heterocycles. The number of amides is 1. The van der Waals surface area contributed by atoms with Crippen molar-refractivity contribution in [3.05, 3.63) is 59.2 Å². The molecule has 0 spiro atoms. The number of nitrogens with two attached hydrogens (primary N) is 1. The number of carboxylic acids is 2. The van der Waals surface area contributed by atoms with E-state index in [2.05, 4.69) is 0 Å². The lowest BCUT2D eigenvalue weighted by Gasteiger charge is -2.14. The van der Waals surface area contributed by atoms with Gasteiger partial charge in [0.1, 0.15) is 12.4 Å². The minimum Gasteiger partial charge on any atom is -0.490 e. The fourth-order valence-electron chi connectivity index (χ4n) is 3.18. The molecule has 1 fully saturated rings. The summed E-state index contributed by atoms with van der Waals surface area (Å²) in [6, 6.07) is 11.9. The number of rotatable bonds is 9. The molecule has 1 aliphatic rings. The predicted octanol–water partition coefficient (Wildman–Crippen LogP) is 1.80. The molecule has 1 aliphatic heterocycles. The number of aliphatic carboxylic acids is 2. The highest BCUT2D eigenvalue weighted by molar-refractivity contribution is 5.89. The Kier molecular flexibility index (Phi) is 6.53. The summed E-state index contributed by atoms with van der Waals surface area (Å²) in [7, 11) is 0. The molecule has 1 amide bonds. The van der Waals surface area contributed by atoms with Crippen LogP contribution in [0.3, 0.4) is 0 Å². The van der Waals surface area contributed by atoms with E-state index < -0.39 is 24.1 Å². The number of carbonyl (C=O) groups excluding carboxylic acids is 1. The van der Waals surface area contributed by atoms with E-state index in [1.807, 2.05) is 12.1 Å². The third-order valence-corrected chi connectivity index (χ3v) is 4.65. The molecule has 0 aliphatic carbocycles. The minimum absolute atomic E-state index is 0.0773. The number of ether oxygens (including phenoxy) is 2. The highest BCUT2D eigenvalue weighted by atomic mass is 16.6. The molecule has 2 aromatic rings. The maximum absolute atomic E-state index is 12.2. The van der Waals surface area contributed by atoms with Crippen LogP contribution in [0.25, 0.3) is 0 Å². The summed E-state index contributed by atoms with van der Waals surface area (Å²) in [5.41, 5.74) is 8.02. The lowest BCUT2D eigenvalue weighted by molar-refractivity contribution is -0.137. The molecule has 3 rings (SSSR count). The monoisotopic (exact) mass is 414 g/mol. The lowest BCUT2D eigenvalue weighted by atomic mass is 10.0. The van der Waals surface area contributed by atoms with E-state index in [0.717, 1.165) is 5.56 Å². The topological polar surface area (TPSA) is 139 Å². The zero-order valence-electron chi connectivity index (χ0n) is 16.1. The number of hydrogen-bond acceptors (Lipinski definition) is 6. The fourth-order valence-corrected chi connectivity index (χ4v) is 3.18. The van der Waals surface area contributed by atoms with Crippen molar-refractivity contribution < 1.29 is 34.1 Å². The third kappa shape index (κ3) is 5.26. The highest BCUT2D eigenvalue weighted by Crippen LogP contribution is 2.24. The summed E-state index contributed by atoms with van der Waals surface area (Å²) < 4.78 is 11.0. The van der Waals surface area contributed by atoms with Gasteiger partial charge in [-0.2, -0.15) is 0 Å². The normalized spacial score (nSPS) is 15.7. The van der Waals surface area contributed by atoms with Crippen molar-refractivity contribution >= 4 is 23.7 Å². The first-order valence-electron chi connectivity index (χ1n) is 9.31. The Labute approximate surface area is 172 Å². The molecule has 0 saturated carbocycles. The first kappa shape index (κ1) is 21.1. The van der Waals surface area contributed by atoms with E-state index in [0.29, 0.717) is 35.7 Å². The molecular weight excluding hydrogens is 392 g/mol. The maximum atomic E-state index is 12.2. The summed E-state index contributed by atoms with van der Waals surface area (Å²) >= 11 is 0. The Hall–Kier alpha value is -3.59. The number of cyclic esters (lactones) is 1. The van der Waals surface area contributed by atoms with Crippen LogP contribution in [-0.2, 0) is 33.7 Å². The van der Waals surface area contributed by atoms with Gasteiger partial charge in [0, 0.05) is 12.2 Å². The number of benzene rings is 2. The van der Waals surface area contributed by atoms with Gasteiger partial charge in [0.25, 0.3) is 0 Å². The maximum Gasteiger partial charge on any atom is 0.414 e. The van der Waals surface area contributed by atoms with Crippen LogP contribution < -0.4 is 15.4 Å². The summed E-state index contributed by atoms with van der Waals surface area (Å²) in [5, 5.41) is 18.0. The van der Waals surface area contributed by atoms with E-state index in [9.17, 15) is 14.4 Å². The average Bonchev–Trinajstić information content (AvgIpc) is 3.08. The first-order valence-corrected chi connectivity index (χ1v) is 9.31. The number of carbonyl (C=O) groups is 3. The van der Waals surface area contributed by atoms with E-state index in [1.165, 1.54) is 17.0 Å². The van der Waals surface area contributed by atoms with E-state index in [-0.39, 0.29) is 19.4 Å². The molecular formula is C21H22N2O7. The van der Waals surface area contributed by atoms with Crippen molar-refractivity contribution in [3.63, 3.8) is 0 Å². The zero-order valence-corrected chi connectivity index (χ0v) is 16.1. The molecule has 2 aromatic carbocycles. The predicted molar refractivity (Wildman–Crippen MR) is 107 cm³/mol. The van der Waals surface area contributed by atoms with Gasteiger partial charge < -0.3 is 25.4 Å². The molecule has 158 valence electrons. The van der Waals surface area contributed by atoms with Gasteiger partial charge in [0.15, 0.2) is 6.10 Å². The van der Waals surface area contributed by atoms with Crippen molar-refractivity contribution in [3.8, 4) is 5.75 Å². The molecule has 0 radical (unpaired) electrons. The molecule has 4 N–H and O–H groups in total. The second kappa shape index (κ2) is 9.27. The van der Waals surface area contributed by atoms with Crippen molar-refractivity contribution in [2.75, 3.05) is 18.1 Å². The third-order valence-electron chi connectivity index (χ3n) is 4.65. The van der Waals surface area contributed by atoms with E-state index in [4.69, 9.17) is 25.4 Å². The zero-order chi connectivity index (χ0) is 21.7. The standard InChI is InChI=1S/C21H22N2O7/c22-10-13-1-4-16(5-2-13)23-11-18(30-21(23)28)12-29-17-6-3-14(8-19(24)25)15(7-17)9-20(26)27/h1-7,18H,8-12,22H2,(H,24,25)(H,26,27). The van der Waals surface area contributed by atoms with Gasteiger partial charge in [-0.05, 0) is 41.0 Å². The van der Waals surface area contributed by atoms with E-state index in [1.54, 1.807) is 18.2 Å². The van der Waals surface area contributed by atoms with Crippen molar-refractivity contribution in [2.45, 2.75) is 25.5 Å². The Morgan fingerprint density at radius 2 is 1.73 bits per heavy atom. The average molecular weight is 414 g/mol. The van der Waals surface area contributed by atoms with Crippen LogP contribution in [0.4, 0.5) is 10.5 Å². The molecule has 1 heterocycles. The van der Waals surface area contributed by atoms with Crippen molar-refractivity contribution in [2.24, 2.45) is 5.73 Å². The molecule has 1 unspecified atom stereocenters. The van der Waals surface area contributed by atoms with Gasteiger partial charge in [0.2, 0.25) is 0 Å². The van der Waals surface area contributed by atoms with Crippen LogP contribution in [0, 0.1) is 0 Å². The first-order chi connectivity index (χ1) is 14.4. The molecule has 0 aromatic heterocycles. The summed E-state index contributed by atoms with van der Waals surface area (Å²) in [6.45, 7) is 0.796.